The molecule has 2 N–H and O–H groups in total. The molecule has 11 nitrogen and oxygen atoms in total. The van der Waals surface area contributed by atoms with Crippen LogP contribution in [0, 0.1) is 5.41 Å². The third-order valence-electron chi connectivity index (χ3n) is 6.99. The molecule has 0 radical (unpaired) electrons. The quantitative estimate of drug-likeness (QED) is 0.242. The Bertz CT molecular complexity index is 1310. The van der Waals surface area contributed by atoms with E-state index in [1.54, 1.807) is 30.7 Å². The van der Waals surface area contributed by atoms with Crippen molar-refractivity contribution in [2.24, 2.45) is 5.41 Å². The van der Waals surface area contributed by atoms with Gasteiger partial charge < -0.3 is 29.4 Å². The van der Waals surface area contributed by atoms with E-state index in [9.17, 15) is 14.4 Å². The number of nitrogens with one attached hydrogen (secondary N) is 1. The Labute approximate surface area is 247 Å². The normalized spacial score (nSPS) is 14.2. The van der Waals surface area contributed by atoms with Crippen LogP contribution >= 0.6 is 0 Å². The van der Waals surface area contributed by atoms with Gasteiger partial charge in [0.1, 0.15) is 11.2 Å². The number of aromatic carboxylic acids is 1. The summed E-state index contributed by atoms with van der Waals surface area (Å²) >= 11 is 0. The van der Waals surface area contributed by atoms with Gasteiger partial charge >= 0.3 is 5.97 Å². The highest BCUT2D eigenvalue weighted by molar-refractivity contribution is 6.20. The number of likely N-dealkylation sites (N-methyl/N-ethyl adjacent to an activating group) is 1. The minimum atomic E-state index is -1.11. The molecule has 0 saturated carbocycles. The Morgan fingerprint density at radius 1 is 1.10 bits per heavy atom. The molecule has 42 heavy (non-hydrogen) atoms. The second-order valence-electron chi connectivity index (χ2n) is 10.4. The van der Waals surface area contributed by atoms with Crippen LogP contribution in [0.2, 0.25) is 0 Å². The number of ether oxygens (including phenoxy) is 1. The van der Waals surface area contributed by atoms with E-state index in [2.05, 4.69) is 19.6 Å². The van der Waals surface area contributed by atoms with E-state index in [4.69, 9.17) is 9.84 Å². The van der Waals surface area contributed by atoms with E-state index in [0.29, 0.717) is 24.6 Å². The molecule has 0 atom stereocenters. The van der Waals surface area contributed by atoms with Gasteiger partial charge in [0.2, 0.25) is 17.6 Å². The van der Waals surface area contributed by atoms with Crippen LogP contribution in [0.5, 0.6) is 5.75 Å². The van der Waals surface area contributed by atoms with Gasteiger partial charge in [-0.3, -0.25) is 19.5 Å². The molecule has 1 aliphatic heterocycles. The maximum Gasteiger partial charge on any atom is 0.371 e. The van der Waals surface area contributed by atoms with Crippen LogP contribution in [0.4, 0.5) is 11.4 Å². The lowest BCUT2D eigenvalue weighted by atomic mass is 9.90. The van der Waals surface area contributed by atoms with Crippen LogP contribution in [-0.4, -0.2) is 79.7 Å². The third-order valence-corrected chi connectivity index (χ3v) is 6.99. The van der Waals surface area contributed by atoms with E-state index in [0.717, 1.165) is 38.3 Å². The molecule has 2 amide bonds. The first-order valence-corrected chi connectivity index (χ1v) is 14.0. The number of rotatable bonds is 12. The van der Waals surface area contributed by atoms with E-state index >= 15 is 0 Å². The van der Waals surface area contributed by atoms with Crippen molar-refractivity contribution in [1.29, 1.82) is 0 Å². The molecule has 1 aromatic carbocycles. The number of carbonyl (C=O) groups excluding carboxylic acids is 2. The predicted molar refractivity (Wildman–Crippen MR) is 161 cm³/mol. The largest absolute Gasteiger partial charge is 0.493 e. The van der Waals surface area contributed by atoms with Crippen LogP contribution in [0.1, 0.15) is 43.3 Å². The molecule has 3 aromatic rings. The zero-order valence-electron chi connectivity index (χ0n) is 25.0. The van der Waals surface area contributed by atoms with Crippen molar-refractivity contribution in [3.8, 4) is 5.75 Å². The van der Waals surface area contributed by atoms with Crippen LogP contribution in [0.15, 0.2) is 65.5 Å². The second-order valence-corrected chi connectivity index (χ2v) is 10.4. The second kappa shape index (κ2) is 15.1. The maximum atomic E-state index is 13.0. The fraction of sp³-hybridized carbons (Fsp3) is 0.419. The Hall–Kier alpha value is -4.22. The first-order chi connectivity index (χ1) is 20.1. The number of carbonyl (C=O) groups is 3. The van der Waals surface area contributed by atoms with Gasteiger partial charge in [0.15, 0.2) is 0 Å². The van der Waals surface area contributed by atoms with Crippen molar-refractivity contribution in [3.63, 3.8) is 0 Å². The highest BCUT2D eigenvalue weighted by Gasteiger charge is 2.45. The summed E-state index contributed by atoms with van der Waals surface area (Å²) in [4.78, 5) is 45.7. The summed E-state index contributed by atoms with van der Waals surface area (Å²) in [6.45, 7) is 9.98. The van der Waals surface area contributed by atoms with Crippen molar-refractivity contribution < 1.29 is 28.6 Å². The maximum absolute atomic E-state index is 13.0. The van der Waals surface area contributed by atoms with Crippen molar-refractivity contribution in [3.05, 3.63) is 72.4 Å². The molecule has 0 bridgehead atoms. The molecule has 11 heteroatoms. The van der Waals surface area contributed by atoms with Gasteiger partial charge in [-0.2, -0.15) is 0 Å². The Balaban J connectivity index is 0.000000521. The molecule has 0 saturated heterocycles. The SMILES string of the molecule is CCN1C(=O)C(C)(C)C(=O)N(C)c2cc(OCCCN(CCNC)Cc3ccncc3)ccc21.O=C(O)c1ccco1. The molecule has 0 unspecified atom stereocenters. The van der Waals surface area contributed by atoms with Gasteiger partial charge in [0.05, 0.1) is 24.2 Å². The number of hydrogen-bond donors (Lipinski definition) is 2. The highest BCUT2D eigenvalue weighted by Crippen LogP contribution is 2.40. The molecular formula is C31H41N5O6. The average Bonchev–Trinajstić information content (AvgIpc) is 3.53. The fourth-order valence-corrected chi connectivity index (χ4v) is 4.64. The first-order valence-electron chi connectivity index (χ1n) is 14.0. The Morgan fingerprint density at radius 3 is 2.43 bits per heavy atom. The molecule has 226 valence electrons. The number of hydrogen-bond acceptors (Lipinski definition) is 8. The zero-order chi connectivity index (χ0) is 30.7. The minimum Gasteiger partial charge on any atom is -0.493 e. The van der Waals surface area contributed by atoms with Crippen molar-refractivity contribution in [1.82, 2.24) is 15.2 Å². The lowest BCUT2D eigenvalue weighted by Gasteiger charge is -2.27. The Kier molecular flexibility index (Phi) is 11.6. The summed E-state index contributed by atoms with van der Waals surface area (Å²) in [7, 11) is 3.68. The van der Waals surface area contributed by atoms with Crippen molar-refractivity contribution >= 4 is 29.2 Å². The average molecular weight is 580 g/mol. The lowest BCUT2D eigenvalue weighted by Crippen LogP contribution is -2.47. The van der Waals surface area contributed by atoms with Crippen LogP contribution in [0.25, 0.3) is 0 Å². The number of amides is 2. The predicted octanol–water partition coefficient (Wildman–Crippen LogP) is 3.91. The zero-order valence-corrected chi connectivity index (χ0v) is 25.0. The molecule has 3 heterocycles. The van der Waals surface area contributed by atoms with Crippen LogP contribution < -0.4 is 19.9 Å². The number of fused-ring (bicyclic) bond motifs is 1. The Morgan fingerprint density at radius 2 is 1.83 bits per heavy atom. The molecule has 1 aliphatic rings. The highest BCUT2D eigenvalue weighted by atomic mass is 16.5. The molecule has 0 fully saturated rings. The summed E-state index contributed by atoms with van der Waals surface area (Å²) in [5.74, 6) is -0.768. The number of furan rings is 1. The molecule has 4 rings (SSSR count). The van der Waals surface area contributed by atoms with E-state index < -0.39 is 11.4 Å². The van der Waals surface area contributed by atoms with Crippen molar-refractivity contribution in [2.45, 2.75) is 33.7 Å². The molecule has 0 aliphatic carbocycles. The van der Waals surface area contributed by atoms with Crippen LogP contribution in [-0.2, 0) is 16.1 Å². The van der Waals surface area contributed by atoms with Gasteiger partial charge in [-0.15, -0.1) is 0 Å². The number of nitrogens with zero attached hydrogens (tertiary/aromatic N) is 4. The summed E-state index contributed by atoms with van der Waals surface area (Å²) in [6, 6.07) is 12.6. The number of benzene rings is 1. The van der Waals surface area contributed by atoms with Gasteiger partial charge in [-0.1, -0.05) is 0 Å². The van der Waals surface area contributed by atoms with E-state index in [1.165, 1.54) is 24.0 Å². The standard InChI is InChI=1S/C26H37N5O3.C5H4O3/c1-6-31-22-9-8-21(18-23(22)29(5)24(32)26(2,3)25(31)33)34-17-7-15-30(16-14-27-4)19-20-10-12-28-13-11-20;6-5(7)4-2-1-3-8-4/h8-13,18,27H,6-7,14-17,19H2,1-5H3;1-3H,(H,6,7). The topological polar surface area (TPSA) is 128 Å². The summed E-state index contributed by atoms with van der Waals surface area (Å²) in [6.07, 6.45) is 5.84. The number of carboxylic acids is 1. The molecule has 2 aromatic heterocycles. The summed E-state index contributed by atoms with van der Waals surface area (Å²) in [5, 5.41) is 11.4. The number of carboxylic acid groups (broad SMARTS) is 1. The fourth-order valence-electron chi connectivity index (χ4n) is 4.64. The number of aromatic nitrogens is 1. The smallest absolute Gasteiger partial charge is 0.371 e. The van der Waals surface area contributed by atoms with Crippen molar-refractivity contribution in [2.75, 3.05) is 56.7 Å². The van der Waals surface area contributed by atoms with E-state index in [-0.39, 0.29) is 17.6 Å². The molecule has 0 spiro atoms. The monoisotopic (exact) mass is 579 g/mol. The number of pyridine rings is 1. The summed E-state index contributed by atoms with van der Waals surface area (Å²) < 4.78 is 10.6. The van der Waals surface area contributed by atoms with Gasteiger partial charge in [0.25, 0.3) is 0 Å². The number of anilines is 2. The van der Waals surface area contributed by atoms with Gasteiger partial charge in [-0.25, -0.2) is 4.79 Å². The lowest BCUT2D eigenvalue weighted by molar-refractivity contribution is -0.137. The van der Waals surface area contributed by atoms with Gasteiger partial charge in [0, 0.05) is 58.2 Å². The summed E-state index contributed by atoms with van der Waals surface area (Å²) in [5.41, 5.74) is 1.55. The first kappa shape index (κ1) is 32.3. The van der Waals surface area contributed by atoms with E-state index in [1.807, 2.05) is 56.7 Å². The molecular weight excluding hydrogens is 538 g/mol. The van der Waals surface area contributed by atoms with Gasteiger partial charge in [-0.05, 0) is 76.2 Å². The minimum absolute atomic E-state index is 0.0231. The third kappa shape index (κ3) is 8.17. The van der Waals surface area contributed by atoms with Crippen LogP contribution in [0.3, 0.4) is 0 Å².